The van der Waals surface area contributed by atoms with Gasteiger partial charge in [-0.2, -0.15) is 0 Å². The molecule has 9 nitrogen and oxygen atoms in total. The van der Waals surface area contributed by atoms with Gasteiger partial charge in [0.15, 0.2) is 5.78 Å². The first-order chi connectivity index (χ1) is 14.4. The molecule has 0 aliphatic heterocycles. The molecule has 9 heteroatoms. The molecule has 2 rings (SSSR count). The largest absolute Gasteiger partial charge is 0.460 e. The van der Waals surface area contributed by atoms with Gasteiger partial charge in [0, 0.05) is 24.5 Å². The van der Waals surface area contributed by atoms with Crippen molar-refractivity contribution in [3.05, 3.63) is 39.9 Å². The third-order valence-electron chi connectivity index (χ3n) is 5.05. The van der Waals surface area contributed by atoms with Gasteiger partial charge in [0.1, 0.15) is 17.1 Å². The lowest BCUT2D eigenvalue weighted by molar-refractivity contribution is -0.385. The molecule has 1 aromatic carbocycles. The molecule has 176 valence electrons. The van der Waals surface area contributed by atoms with Gasteiger partial charge in [0.2, 0.25) is 0 Å². The van der Waals surface area contributed by atoms with E-state index >= 15 is 0 Å². The lowest BCUT2D eigenvalue weighted by atomic mass is 9.61. The molecule has 0 radical (unpaired) electrons. The molecule has 0 aromatic heterocycles. The monoisotopic (exact) mass is 449 g/mol. The number of ether oxygens (including phenoxy) is 2. The fourth-order valence-electron chi connectivity index (χ4n) is 3.99. The van der Waals surface area contributed by atoms with Crippen LogP contribution >= 0.6 is 0 Å². The van der Waals surface area contributed by atoms with Gasteiger partial charge in [0.25, 0.3) is 5.69 Å². The zero-order valence-corrected chi connectivity index (χ0v) is 19.5. The van der Waals surface area contributed by atoms with E-state index < -0.39 is 63.6 Å². The Bertz CT molecular complexity index is 923. The van der Waals surface area contributed by atoms with Crippen molar-refractivity contribution in [2.75, 3.05) is 0 Å². The molecule has 1 aromatic rings. The number of benzene rings is 1. The number of nitro groups is 1. The lowest BCUT2D eigenvalue weighted by Gasteiger charge is -2.44. The van der Waals surface area contributed by atoms with Crippen molar-refractivity contribution in [1.82, 2.24) is 0 Å². The first-order valence-electron chi connectivity index (χ1n) is 10.4. The van der Waals surface area contributed by atoms with Crippen LogP contribution in [0.25, 0.3) is 0 Å². The van der Waals surface area contributed by atoms with Crippen LogP contribution in [-0.4, -0.2) is 44.6 Å². The van der Waals surface area contributed by atoms with Crippen molar-refractivity contribution < 1.29 is 33.9 Å². The van der Waals surface area contributed by atoms with Crippen LogP contribution in [0.2, 0.25) is 0 Å². The molecule has 0 unspecified atom stereocenters. The van der Waals surface area contributed by atoms with Crippen LogP contribution in [0.4, 0.5) is 5.69 Å². The molecule has 32 heavy (non-hydrogen) atoms. The molecule has 1 fully saturated rings. The molecule has 1 aliphatic rings. The second-order valence-corrected chi connectivity index (χ2v) is 10.4. The van der Waals surface area contributed by atoms with Crippen LogP contribution in [-0.2, 0) is 23.9 Å². The van der Waals surface area contributed by atoms with E-state index in [1.807, 2.05) is 0 Å². The second kappa shape index (κ2) is 8.61. The van der Waals surface area contributed by atoms with Crippen LogP contribution in [0, 0.1) is 22.0 Å². The Morgan fingerprint density at radius 3 is 2.12 bits per heavy atom. The highest BCUT2D eigenvalue weighted by molar-refractivity contribution is 6.03. The number of Topliss-reactive ketones (excluding diaryl/α,β-unsaturated/α-hetero) is 1. The van der Waals surface area contributed by atoms with Gasteiger partial charge in [-0.15, -0.1) is 0 Å². The molecule has 1 saturated carbocycles. The predicted molar refractivity (Wildman–Crippen MR) is 115 cm³/mol. The summed E-state index contributed by atoms with van der Waals surface area (Å²) in [6.07, 6.45) is -0.466. The minimum atomic E-state index is -1.84. The zero-order valence-electron chi connectivity index (χ0n) is 19.5. The Labute approximate surface area is 187 Å². The van der Waals surface area contributed by atoms with E-state index in [1.165, 1.54) is 31.2 Å². The molecule has 0 heterocycles. The van der Waals surface area contributed by atoms with E-state index in [-0.39, 0.29) is 11.3 Å². The predicted octanol–water partition coefficient (Wildman–Crippen LogP) is 3.32. The maximum Gasteiger partial charge on any atom is 0.317 e. The van der Waals surface area contributed by atoms with Crippen LogP contribution in [0.1, 0.15) is 66.4 Å². The fraction of sp³-hybridized carbons (Fsp3) is 0.609. The van der Waals surface area contributed by atoms with Gasteiger partial charge >= 0.3 is 11.9 Å². The van der Waals surface area contributed by atoms with E-state index in [9.17, 15) is 29.6 Å². The number of hydrogen-bond acceptors (Lipinski definition) is 8. The third kappa shape index (κ3) is 5.91. The summed E-state index contributed by atoms with van der Waals surface area (Å²) < 4.78 is 11.0. The molecule has 0 spiro atoms. The van der Waals surface area contributed by atoms with Crippen LogP contribution in [0.3, 0.4) is 0 Å². The highest BCUT2D eigenvalue weighted by atomic mass is 16.6. The van der Waals surface area contributed by atoms with Gasteiger partial charge in [-0.3, -0.25) is 24.5 Å². The topological polar surface area (TPSA) is 133 Å². The summed E-state index contributed by atoms with van der Waals surface area (Å²) in [7, 11) is 0. The lowest BCUT2D eigenvalue weighted by Crippen LogP contribution is -2.56. The van der Waals surface area contributed by atoms with Crippen molar-refractivity contribution in [2.45, 2.75) is 77.6 Å². The molecule has 4 atom stereocenters. The molecule has 0 bridgehead atoms. The van der Waals surface area contributed by atoms with Gasteiger partial charge in [-0.25, -0.2) is 0 Å². The maximum atomic E-state index is 13.2. The minimum absolute atomic E-state index is 0.194. The quantitative estimate of drug-likeness (QED) is 0.320. The molecule has 1 N–H and O–H groups in total. The Kier molecular flexibility index (Phi) is 6.85. The van der Waals surface area contributed by atoms with Crippen LogP contribution in [0.15, 0.2) is 24.3 Å². The summed E-state index contributed by atoms with van der Waals surface area (Å²) in [5.41, 5.74) is -3.73. The summed E-state index contributed by atoms with van der Waals surface area (Å²) in [6.45, 7) is 11.2. The highest BCUT2D eigenvalue weighted by Gasteiger charge is 2.58. The van der Waals surface area contributed by atoms with Crippen molar-refractivity contribution in [2.24, 2.45) is 11.8 Å². The summed E-state index contributed by atoms with van der Waals surface area (Å²) in [5, 5.41) is 22.4. The van der Waals surface area contributed by atoms with E-state index in [4.69, 9.17) is 9.47 Å². The number of carbonyl (C=O) groups is 3. The number of nitro benzene ring substituents is 1. The summed E-state index contributed by atoms with van der Waals surface area (Å²) in [4.78, 5) is 50.1. The standard InChI is InChI=1S/C23H31NO8/c1-21(2,3)31-19(26)17-15(25)12-23(7,28)18(20(27)32-22(4,5)6)16(17)13-9-8-10-14(11-13)24(29)30/h8-11,16-18,28H,12H2,1-7H3/t16-,17-,18-,23+/m1/s1. The number of hydrogen-bond donors (Lipinski definition) is 1. The second-order valence-electron chi connectivity index (χ2n) is 10.4. The Morgan fingerprint density at radius 2 is 1.62 bits per heavy atom. The number of non-ortho nitro benzene ring substituents is 1. The van der Waals surface area contributed by atoms with Crippen LogP contribution < -0.4 is 0 Å². The van der Waals surface area contributed by atoms with Crippen LogP contribution in [0.5, 0.6) is 0 Å². The van der Waals surface area contributed by atoms with Gasteiger partial charge in [-0.1, -0.05) is 12.1 Å². The fourth-order valence-corrected chi connectivity index (χ4v) is 3.99. The van der Waals surface area contributed by atoms with Gasteiger partial charge in [-0.05, 0) is 54.0 Å². The van der Waals surface area contributed by atoms with E-state index in [0.717, 1.165) is 0 Å². The Balaban J connectivity index is 2.70. The molecule has 1 aliphatic carbocycles. The number of ketones is 1. The minimum Gasteiger partial charge on any atom is -0.460 e. The number of aliphatic hydroxyl groups is 1. The molecule has 0 saturated heterocycles. The zero-order chi connectivity index (χ0) is 24.6. The first kappa shape index (κ1) is 25.5. The SMILES string of the molecule is CC(C)(C)OC(=O)[C@@H]1C(=O)C[C@](C)(O)[C@@H](C(=O)OC(C)(C)C)[C@@H]1c1cccc([N+](=O)[O-])c1. The van der Waals surface area contributed by atoms with Gasteiger partial charge in [0.05, 0.1) is 16.4 Å². The summed E-state index contributed by atoms with van der Waals surface area (Å²) in [5.74, 6) is -6.26. The summed E-state index contributed by atoms with van der Waals surface area (Å²) >= 11 is 0. The number of rotatable bonds is 4. The van der Waals surface area contributed by atoms with Crippen molar-refractivity contribution in [3.63, 3.8) is 0 Å². The third-order valence-corrected chi connectivity index (χ3v) is 5.05. The summed E-state index contributed by atoms with van der Waals surface area (Å²) in [6, 6.07) is 5.35. The normalized spacial score (nSPS) is 26.4. The highest BCUT2D eigenvalue weighted by Crippen LogP contribution is 2.47. The van der Waals surface area contributed by atoms with Crippen molar-refractivity contribution in [1.29, 1.82) is 0 Å². The molecule has 0 amide bonds. The molecular weight excluding hydrogens is 418 g/mol. The smallest absolute Gasteiger partial charge is 0.317 e. The Morgan fingerprint density at radius 1 is 1.09 bits per heavy atom. The van der Waals surface area contributed by atoms with E-state index in [2.05, 4.69) is 0 Å². The number of esters is 2. The first-order valence-corrected chi connectivity index (χ1v) is 10.4. The number of carbonyl (C=O) groups excluding carboxylic acids is 3. The van der Waals surface area contributed by atoms with Crippen molar-refractivity contribution in [3.8, 4) is 0 Å². The average molecular weight is 450 g/mol. The number of nitrogens with zero attached hydrogens (tertiary/aromatic N) is 1. The van der Waals surface area contributed by atoms with E-state index in [0.29, 0.717) is 0 Å². The Hall–Kier alpha value is -2.81. The average Bonchev–Trinajstić information content (AvgIpc) is 2.56. The van der Waals surface area contributed by atoms with Gasteiger partial charge < -0.3 is 14.6 Å². The van der Waals surface area contributed by atoms with Crippen molar-refractivity contribution >= 4 is 23.4 Å². The maximum absolute atomic E-state index is 13.2. The van der Waals surface area contributed by atoms with E-state index in [1.54, 1.807) is 41.5 Å². The molecular formula is C23H31NO8.